The van der Waals surface area contributed by atoms with Crippen LogP contribution in [0.15, 0.2) is 0 Å². The first kappa shape index (κ1) is 11.9. The summed E-state index contributed by atoms with van der Waals surface area (Å²) in [7, 11) is 0. The quantitative estimate of drug-likeness (QED) is 0.732. The van der Waals surface area contributed by atoms with E-state index in [1.165, 1.54) is 0 Å². The topological polar surface area (TPSA) is 50.4 Å². The van der Waals surface area contributed by atoms with Gasteiger partial charge in [-0.25, -0.2) is 0 Å². The number of carbonyl (C=O) groups is 1. The molecule has 2 saturated heterocycles. The summed E-state index contributed by atoms with van der Waals surface area (Å²) in [4.78, 5) is 12.1. The van der Waals surface area contributed by atoms with Crippen LogP contribution < -0.4 is 10.6 Å². The molecule has 3 atom stereocenters. The van der Waals surface area contributed by atoms with E-state index in [1.54, 1.807) is 0 Å². The lowest BCUT2D eigenvalue weighted by molar-refractivity contribution is -0.128. The lowest BCUT2D eigenvalue weighted by atomic mass is 9.97. The predicted molar refractivity (Wildman–Crippen MR) is 62.2 cm³/mol. The van der Waals surface area contributed by atoms with Gasteiger partial charge in [0.1, 0.15) is 0 Å². The molecule has 2 fully saturated rings. The number of amides is 1. The number of ether oxygens (including phenoxy) is 1. The van der Waals surface area contributed by atoms with Gasteiger partial charge in [0.25, 0.3) is 0 Å². The lowest BCUT2D eigenvalue weighted by Crippen LogP contribution is -2.55. The van der Waals surface area contributed by atoms with Crippen molar-refractivity contribution in [2.45, 2.75) is 57.2 Å². The highest BCUT2D eigenvalue weighted by Gasteiger charge is 2.37. The van der Waals surface area contributed by atoms with Gasteiger partial charge in [-0.15, -0.1) is 0 Å². The monoisotopic (exact) mass is 226 g/mol. The molecule has 16 heavy (non-hydrogen) atoms. The zero-order valence-electron chi connectivity index (χ0n) is 10.2. The summed E-state index contributed by atoms with van der Waals surface area (Å²) < 4.78 is 5.47. The van der Waals surface area contributed by atoms with Crippen LogP contribution in [0.5, 0.6) is 0 Å². The maximum atomic E-state index is 12.1. The first-order valence-electron chi connectivity index (χ1n) is 6.28. The molecular weight excluding hydrogens is 204 g/mol. The maximum Gasteiger partial charge on any atom is 0.240 e. The van der Waals surface area contributed by atoms with Gasteiger partial charge in [-0.1, -0.05) is 0 Å². The zero-order valence-corrected chi connectivity index (χ0v) is 10.2. The van der Waals surface area contributed by atoms with Gasteiger partial charge in [0.2, 0.25) is 5.91 Å². The van der Waals surface area contributed by atoms with Gasteiger partial charge >= 0.3 is 0 Å². The van der Waals surface area contributed by atoms with E-state index in [9.17, 15) is 4.79 Å². The van der Waals surface area contributed by atoms with Crippen molar-refractivity contribution < 1.29 is 9.53 Å². The van der Waals surface area contributed by atoms with E-state index >= 15 is 0 Å². The second-order valence-electron chi connectivity index (χ2n) is 5.24. The predicted octanol–water partition coefficient (Wildman–Crippen LogP) is 0.812. The van der Waals surface area contributed by atoms with E-state index < -0.39 is 0 Å². The molecule has 0 radical (unpaired) electrons. The van der Waals surface area contributed by atoms with Crippen molar-refractivity contribution in [2.24, 2.45) is 0 Å². The fourth-order valence-corrected chi connectivity index (χ4v) is 2.56. The van der Waals surface area contributed by atoms with Crippen LogP contribution >= 0.6 is 0 Å². The molecule has 3 unspecified atom stereocenters. The molecule has 0 spiro atoms. The van der Waals surface area contributed by atoms with Crippen LogP contribution in [0.1, 0.15) is 39.5 Å². The first-order valence-corrected chi connectivity index (χ1v) is 6.28. The Morgan fingerprint density at radius 3 is 3.00 bits per heavy atom. The second kappa shape index (κ2) is 4.72. The molecule has 92 valence electrons. The number of hydrogen-bond acceptors (Lipinski definition) is 3. The van der Waals surface area contributed by atoms with Gasteiger partial charge in [0, 0.05) is 12.6 Å². The van der Waals surface area contributed by atoms with Crippen molar-refractivity contribution in [1.82, 2.24) is 10.6 Å². The van der Waals surface area contributed by atoms with Crippen LogP contribution in [0.4, 0.5) is 0 Å². The Bertz CT molecular complexity index is 262. The Morgan fingerprint density at radius 1 is 1.56 bits per heavy atom. The van der Waals surface area contributed by atoms with Crippen LogP contribution in [0, 0.1) is 0 Å². The van der Waals surface area contributed by atoms with Crippen LogP contribution in [0.3, 0.4) is 0 Å². The van der Waals surface area contributed by atoms with Gasteiger partial charge in [-0.3, -0.25) is 4.79 Å². The smallest absolute Gasteiger partial charge is 0.240 e. The van der Waals surface area contributed by atoms with Crippen LogP contribution in [-0.2, 0) is 9.53 Å². The highest BCUT2D eigenvalue weighted by Crippen LogP contribution is 2.20. The van der Waals surface area contributed by atoms with Crippen molar-refractivity contribution in [3.05, 3.63) is 0 Å². The highest BCUT2D eigenvalue weighted by atomic mass is 16.5. The Hall–Kier alpha value is -0.610. The number of rotatable bonds is 2. The molecule has 0 saturated carbocycles. The normalized spacial score (nSPS) is 39.6. The molecule has 0 aromatic rings. The second-order valence-corrected chi connectivity index (χ2v) is 5.24. The molecule has 2 aliphatic heterocycles. The van der Waals surface area contributed by atoms with E-state index in [0.29, 0.717) is 0 Å². The summed E-state index contributed by atoms with van der Waals surface area (Å²) in [6.07, 6.45) is 4.17. The number of hydrogen-bond donors (Lipinski definition) is 2. The minimum atomic E-state index is -0.346. The van der Waals surface area contributed by atoms with Crippen LogP contribution in [0.2, 0.25) is 0 Å². The van der Waals surface area contributed by atoms with E-state index in [2.05, 4.69) is 17.6 Å². The molecule has 0 aromatic carbocycles. The van der Waals surface area contributed by atoms with Gasteiger partial charge in [-0.2, -0.15) is 0 Å². The minimum Gasteiger partial charge on any atom is -0.378 e. The fourth-order valence-electron chi connectivity index (χ4n) is 2.56. The van der Waals surface area contributed by atoms with Gasteiger partial charge in [-0.05, 0) is 46.1 Å². The van der Waals surface area contributed by atoms with Crippen molar-refractivity contribution in [1.29, 1.82) is 0 Å². The Labute approximate surface area is 97.1 Å². The summed E-state index contributed by atoms with van der Waals surface area (Å²) in [5.41, 5.74) is -0.346. The van der Waals surface area contributed by atoms with E-state index in [1.807, 2.05) is 6.92 Å². The average Bonchev–Trinajstić information content (AvgIpc) is 2.66. The molecule has 0 aromatic heterocycles. The van der Waals surface area contributed by atoms with E-state index in [4.69, 9.17) is 4.74 Å². The van der Waals surface area contributed by atoms with Crippen molar-refractivity contribution in [2.75, 3.05) is 13.2 Å². The average molecular weight is 226 g/mol. The maximum absolute atomic E-state index is 12.1. The number of nitrogens with one attached hydrogen (secondary N) is 2. The third-order valence-corrected chi connectivity index (χ3v) is 3.69. The first-order chi connectivity index (χ1) is 7.60. The molecule has 2 heterocycles. The molecule has 2 N–H and O–H groups in total. The van der Waals surface area contributed by atoms with E-state index in [0.717, 1.165) is 38.8 Å². The molecule has 4 heteroatoms. The number of carbonyl (C=O) groups excluding carboxylic acids is 1. The molecule has 1 amide bonds. The third-order valence-electron chi connectivity index (χ3n) is 3.69. The molecule has 2 aliphatic rings. The molecule has 4 nitrogen and oxygen atoms in total. The summed E-state index contributed by atoms with van der Waals surface area (Å²) in [6, 6.07) is 0.287. The third kappa shape index (κ3) is 2.55. The SMILES string of the molecule is CC1CC(NC(=O)C2(C)CCCN2)CCO1. The summed E-state index contributed by atoms with van der Waals surface area (Å²) in [5.74, 6) is 0.157. The Morgan fingerprint density at radius 2 is 2.38 bits per heavy atom. The minimum absolute atomic E-state index is 0.157. The largest absolute Gasteiger partial charge is 0.378 e. The standard InChI is InChI=1S/C12H22N2O2/c1-9-8-10(4-7-16-9)14-11(15)12(2)5-3-6-13-12/h9-10,13H,3-8H2,1-2H3,(H,14,15). The highest BCUT2D eigenvalue weighted by molar-refractivity contribution is 5.86. The Kier molecular flexibility index (Phi) is 3.50. The van der Waals surface area contributed by atoms with Crippen molar-refractivity contribution in [3.8, 4) is 0 Å². The van der Waals surface area contributed by atoms with Crippen molar-refractivity contribution in [3.63, 3.8) is 0 Å². The molecular formula is C12H22N2O2. The zero-order chi connectivity index (χ0) is 11.6. The summed E-state index contributed by atoms with van der Waals surface area (Å²) in [6.45, 7) is 5.77. The molecule has 0 aliphatic carbocycles. The van der Waals surface area contributed by atoms with Crippen molar-refractivity contribution >= 4 is 5.91 Å². The molecule has 2 rings (SSSR count). The fraction of sp³-hybridized carbons (Fsp3) is 0.917. The van der Waals surface area contributed by atoms with E-state index in [-0.39, 0.29) is 23.6 Å². The van der Waals surface area contributed by atoms with Gasteiger partial charge in [0.05, 0.1) is 11.6 Å². The molecule has 0 bridgehead atoms. The van der Waals surface area contributed by atoms with Gasteiger partial charge < -0.3 is 15.4 Å². The lowest BCUT2D eigenvalue weighted by Gasteiger charge is -2.31. The van der Waals surface area contributed by atoms with Gasteiger partial charge in [0.15, 0.2) is 0 Å². The van der Waals surface area contributed by atoms with Crippen LogP contribution in [0.25, 0.3) is 0 Å². The summed E-state index contributed by atoms with van der Waals surface area (Å²) >= 11 is 0. The van der Waals surface area contributed by atoms with Crippen LogP contribution in [-0.4, -0.2) is 36.7 Å². The summed E-state index contributed by atoms with van der Waals surface area (Å²) in [5, 5.41) is 6.44. The Balaban J connectivity index is 1.86.